The van der Waals surface area contributed by atoms with Crippen LogP contribution in [0.4, 0.5) is 4.79 Å². The van der Waals surface area contributed by atoms with Crippen LogP contribution in [-0.2, 0) is 38.4 Å². The molecule has 55 heavy (non-hydrogen) atoms. The summed E-state index contributed by atoms with van der Waals surface area (Å²) >= 11 is 2.47. The molecule has 3 heterocycles. The number of halogens is 1. The van der Waals surface area contributed by atoms with E-state index in [0.29, 0.717) is 42.4 Å². The number of hydrazine groups is 1. The molecule has 0 saturated carbocycles. The number of fused-ring (bicyclic) bond motifs is 6. The summed E-state index contributed by atoms with van der Waals surface area (Å²) in [7, 11) is -2.38. The predicted molar refractivity (Wildman–Crippen MR) is 231 cm³/mol. The molecular weight excluding hydrogens is 823 g/mol. The molecule has 0 spiro atoms. The van der Waals surface area contributed by atoms with E-state index >= 15 is 0 Å². The number of hydrogen-bond donors (Lipinski definition) is 2. The van der Waals surface area contributed by atoms with E-state index in [1.54, 1.807) is 20.8 Å². The van der Waals surface area contributed by atoms with Gasteiger partial charge in [-0.3, -0.25) is 14.6 Å². The number of aryl methyl sites for hydroxylation is 1. The molecule has 5 rings (SSSR count). The molecule has 0 unspecified atom stereocenters. The van der Waals surface area contributed by atoms with Crippen molar-refractivity contribution in [3.05, 3.63) is 51.2 Å². The second-order valence-corrected chi connectivity index (χ2v) is 24.6. The van der Waals surface area contributed by atoms with Gasteiger partial charge in [-0.05, 0) is 133 Å². The van der Waals surface area contributed by atoms with Crippen LogP contribution in [0.2, 0.25) is 16.6 Å². The summed E-state index contributed by atoms with van der Waals surface area (Å²) < 4.78 is 22.5. The van der Waals surface area contributed by atoms with E-state index in [0.717, 1.165) is 39.9 Å². The van der Waals surface area contributed by atoms with Crippen LogP contribution in [0, 0.1) is 9.12 Å². The highest BCUT2D eigenvalue weighted by Gasteiger charge is 2.47. The SMILES string of the molecule is CCn1c(I)c2c3cc(ccc31)-c1cc(cc(O[Si](C(C)C)(C(C)C)C(C)C)c1)C[C@H](NC(=O)OC(C)(C)C)C(=O)N1CCC[C@H](N1)C(=O)OCC(C)(C)C2. The lowest BCUT2D eigenvalue weighted by Crippen LogP contribution is -2.60. The number of carbonyl (C=O) groups is 3. The fourth-order valence-electron chi connectivity index (χ4n) is 8.70. The number of esters is 1. The van der Waals surface area contributed by atoms with Crippen LogP contribution in [0.3, 0.4) is 0 Å². The third-order valence-corrected chi connectivity index (χ3v) is 18.4. The van der Waals surface area contributed by atoms with E-state index in [2.05, 4.69) is 131 Å². The molecule has 12 heteroatoms. The normalized spacial score (nSPS) is 19.8. The Kier molecular flexibility index (Phi) is 13.1. The van der Waals surface area contributed by atoms with Crippen molar-refractivity contribution in [1.82, 2.24) is 20.3 Å². The fraction of sp³-hybridized carbons (Fsp3) is 0.605. The van der Waals surface area contributed by atoms with Crippen LogP contribution in [0.25, 0.3) is 22.0 Å². The Morgan fingerprint density at radius 2 is 1.71 bits per heavy atom. The molecule has 1 aromatic heterocycles. The molecule has 2 atom stereocenters. The number of ether oxygens (including phenoxy) is 2. The number of nitrogens with zero attached hydrogens (tertiary/aromatic N) is 2. The molecule has 3 aromatic rings. The third kappa shape index (κ3) is 9.55. The number of aromatic nitrogens is 1. The van der Waals surface area contributed by atoms with Crippen molar-refractivity contribution in [3.8, 4) is 16.9 Å². The van der Waals surface area contributed by atoms with Crippen LogP contribution in [0.15, 0.2) is 36.4 Å². The topological polar surface area (TPSA) is 111 Å². The van der Waals surface area contributed by atoms with Crippen LogP contribution in [0.1, 0.15) is 107 Å². The molecule has 10 nitrogen and oxygen atoms in total. The molecule has 2 aromatic carbocycles. The van der Waals surface area contributed by atoms with Gasteiger partial charge in [-0.25, -0.2) is 10.2 Å². The largest absolute Gasteiger partial charge is 0.543 e. The summed E-state index contributed by atoms with van der Waals surface area (Å²) in [6.07, 6.45) is 1.35. The second-order valence-electron chi connectivity index (χ2n) is 18.2. The summed E-state index contributed by atoms with van der Waals surface area (Å²) in [5.41, 5.74) is 8.33. The Bertz CT molecular complexity index is 1880. The van der Waals surface area contributed by atoms with Gasteiger partial charge in [0.2, 0.25) is 0 Å². The monoisotopic (exact) mass is 886 g/mol. The lowest BCUT2D eigenvalue weighted by molar-refractivity contribution is -0.155. The standard InChI is InChI=1S/C43H63IN4O6Si/c1-13-47-37-17-16-30-23-33(37)34(38(47)44)24-43(11,12)25-52-40(50)35-15-14-18-48(46-35)39(49)36(45-41(51)53-42(8,9)10)21-29-19-31(30)22-32(20-29)54-55(26(2)3,27(4)5)28(6)7/h16-17,19-20,22-23,26-28,35-36,46H,13-15,18,21,24-25H2,1-12H3,(H,45,51)/t35-,36-/m0/s1. The molecule has 1 saturated heterocycles. The van der Waals surface area contributed by atoms with Gasteiger partial charge in [-0.2, -0.15) is 0 Å². The Labute approximate surface area is 343 Å². The molecule has 6 bridgehead atoms. The highest BCUT2D eigenvalue weighted by Crippen LogP contribution is 2.44. The van der Waals surface area contributed by atoms with Gasteiger partial charge >= 0.3 is 12.1 Å². The first-order valence-electron chi connectivity index (χ1n) is 20.0. The zero-order valence-corrected chi connectivity index (χ0v) is 38.2. The van der Waals surface area contributed by atoms with E-state index in [-0.39, 0.29) is 30.3 Å². The highest BCUT2D eigenvalue weighted by molar-refractivity contribution is 14.1. The van der Waals surface area contributed by atoms with Crippen LogP contribution >= 0.6 is 22.6 Å². The van der Waals surface area contributed by atoms with Crippen LogP contribution in [0.5, 0.6) is 5.75 Å². The number of cyclic esters (lactones) is 1. The number of benzene rings is 2. The fourth-order valence-corrected chi connectivity index (χ4v) is 15.0. The zero-order valence-electron chi connectivity index (χ0n) is 35.0. The van der Waals surface area contributed by atoms with Crippen molar-refractivity contribution in [3.63, 3.8) is 0 Å². The maximum Gasteiger partial charge on any atom is 0.408 e. The number of amides is 2. The van der Waals surface area contributed by atoms with Gasteiger partial charge in [-0.15, -0.1) is 0 Å². The lowest BCUT2D eigenvalue weighted by Gasteiger charge is -2.42. The van der Waals surface area contributed by atoms with Gasteiger partial charge in [0.25, 0.3) is 14.2 Å². The Morgan fingerprint density at radius 1 is 1.04 bits per heavy atom. The molecular formula is C43H63IN4O6Si. The van der Waals surface area contributed by atoms with Crippen molar-refractivity contribution in [2.24, 2.45) is 5.41 Å². The molecule has 302 valence electrons. The van der Waals surface area contributed by atoms with Crippen molar-refractivity contribution in [2.45, 2.75) is 150 Å². The molecule has 2 N–H and O–H groups in total. The van der Waals surface area contributed by atoms with Gasteiger partial charge < -0.3 is 23.8 Å². The summed E-state index contributed by atoms with van der Waals surface area (Å²) in [6.45, 7) is 26.9. The van der Waals surface area contributed by atoms with E-state index in [1.807, 2.05) is 6.07 Å². The van der Waals surface area contributed by atoms with Gasteiger partial charge in [0.05, 0.1) is 10.3 Å². The number of carbonyl (C=O) groups excluding carboxylic acids is 3. The molecule has 2 aliphatic rings. The second kappa shape index (κ2) is 16.8. The quantitative estimate of drug-likeness (QED) is 0.138. The predicted octanol–water partition coefficient (Wildman–Crippen LogP) is 9.54. The number of nitrogens with one attached hydrogen (secondary N) is 2. The smallest absolute Gasteiger partial charge is 0.408 e. The molecule has 2 aliphatic heterocycles. The Balaban J connectivity index is 1.74. The van der Waals surface area contributed by atoms with Crippen molar-refractivity contribution in [1.29, 1.82) is 0 Å². The number of hydrogen-bond acceptors (Lipinski definition) is 7. The maximum atomic E-state index is 14.5. The van der Waals surface area contributed by atoms with Gasteiger partial charge in [0.1, 0.15) is 23.4 Å². The van der Waals surface area contributed by atoms with Gasteiger partial charge in [0, 0.05) is 35.8 Å². The lowest BCUT2D eigenvalue weighted by atomic mass is 9.86. The van der Waals surface area contributed by atoms with Gasteiger partial charge in [-0.1, -0.05) is 67.5 Å². The average molecular weight is 887 g/mol. The first-order chi connectivity index (χ1) is 25.7. The van der Waals surface area contributed by atoms with Crippen LogP contribution in [-0.4, -0.2) is 66.7 Å². The first kappa shape index (κ1) is 43.0. The highest BCUT2D eigenvalue weighted by atomic mass is 127. The van der Waals surface area contributed by atoms with Crippen molar-refractivity contribution < 1.29 is 28.3 Å². The van der Waals surface area contributed by atoms with Crippen molar-refractivity contribution in [2.75, 3.05) is 13.2 Å². The summed E-state index contributed by atoms with van der Waals surface area (Å²) in [4.78, 5) is 41.3. The molecule has 2 amide bonds. The Morgan fingerprint density at radius 3 is 2.33 bits per heavy atom. The van der Waals surface area contributed by atoms with E-state index in [9.17, 15) is 14.4 Å². The number of rotatable bonds is 7. The van der Waals surface area contributed by atoms with E-state index in [1.165, 1.54) is 14.3 Å². The van der Waals surface area contributed by atoms with E-state index < -0.39 is 32.1 Å². The van der Waals surface area contributed by atoms with E-state index in [4.69, 9.17) is 13.9 Å². The van der Waals surface area contributed by atoms with Crippen LogP contribution < -0.4 is 15.2 Å². The summed E-state index contributed by atoms with van der Waals surface area (Å²) in [6, 6.07) is 11.3. The summed E-state index contributed by atoms with van der Waals surface area (Å²) in [5.74, 6) is 0.0302. The first-order valence-corrected chi connectivity index (χ1v) is 23.2. The minimum atomic E-state index is -2.38. The minimum Gasteiger partial charge on any atom is -0.543 e. The third-order valence-electron chi connectivity index (χ3n) is 11.1. The Hall–Kier alpha value is -3.10. The molecule has 1 fully saturated rings. The maximum absolute atomic E-state index is 14.5. The van der Waals surface area contributed by atoms with Gasteiger partial charge in [0.15, 0.2) is 0 Å². The summed E-state index contributed by atoms with van der Waals surface area (Å²) in [5, 5.41) is 5.53. The minimum absolute atomic E-state index is 0.182. The van der Waals surface area contributed by atoms with Crippen molar-refractivity contribution >= 4 is 59.8 Å². The zero-order chi connectivity index (χ0) is 40.6. The number of alkyl carbamates (subject to hydrolysis) is 1. The molecule has 0 radical (unpaired) electrons. The molecule has 0 aliphatic carbocycles. The average Bonchev–Trinajstić information content (AvgIpc) is 3.35.